The molecule has 1 heterocycles. The van der Waals surface area contributed by atoms with Crippen molar-refractivity contribution in [3.05, 3.63) is 12.2 Å². The standard InChI is InChI=1S/C7H13N5O/c1-4(8)7(13)11-5(2)6-9-3-10-12-6/h3-5H,8H2,1-2H3,(H,11,13)(H,9,10,12). The molecule has 1 aromatic rings. The highest BCUT2D eigenvalue weighted by molar-refractivity contribution is 5.81. The third kappa shape index (κ3) is 2.51. The lowest BCUT2D eigenvalue weighted by molar-refractivity contribution is -0.122. The lowest BCUT2D eigenvalue weighted by Crippen LogP contribution is -2.39. The molecule has 6 nitrogen and oxygen atoms in total. The van der Waals surface area contributed by atoms with Crippen LogP contribution in [0.3, 0.4) is 0 Å². The Morgan fingerprint density at radius 3 is 2.85 bits per heavy atom. The summed E-state index contributed by atoms with van der Waals surface area (Å²) in [6.07, 6.45) is 1.39. The number of hydrogen-bond donors (Lipinski definition) is 3. The molecule has 72 valence electrons. The number of hydrogen-bond acceptors (Lipinski definition) is 4. The maximum atomic E-state index is 11.2. The molecule has 0 aliphatic carbocycles. The third-order valence-corrected chi connectivity index (χ3v) is 1.62. The predicted octanol–water partition coefficient (Wildman–Crippen LogP) is -0.671. The van der Waals surface area contributed by atoms with E-state index >= 15 is 0 Å². The Morgan fingerprint density at radius 2 is 2.38 bits per heavy atom. The normalized spacial score (nSPS) is 15.0. The van der Waals surface area contributed by atoms with Crippen molar-refractivity contribution in [2.75, 3.05) is 0 Å². The zero-order valence-electron chi connectivity index (χ0n) is 7.61. The van der Waals surface area contributed by atoms with Crippen LogP contribution in [0.2, 0.25) is 0 Å². The molecule has 0 aliphatic rings. The topological polar surface area (TPSA) is 96.7 Å². The summed E-state index contributed by atoms with van der Waals surface area (Å²) in [4.78, 5) is 15.1. The highest BCUT2D eigenvalue weighted by atomic mass is 16.2. The summed E-state index contributed by atoms with van der Waals surface area (Å²) >= 11 is 0. The summed E-state index contributed by atoms with van der Waals surface area (Å²) in [7, 11) is 0. The van der Waals surface area contributed by atoms with Gasteiger partial charge in [0.2, 0.25) is 5.91 Å². The van der Waals surface area contributed by atoms with Crippen molar-refractivity contribution < 1.29 is 4.79 Å². The van der Waals surface area contributed by atoms with Crippen LogP contribution in [-0.4, -0.2) is 27.1 Å². The van der Waals surface area contributed by atoms with Gasteiger partial charge in [-0.25, -0.2) is 4.98 Å². The van der Waals surface area contributed by atoms with Gasteiger partial charge in [0.15, 0.2) is 0 Å². The summed E-state index contributed by atoms with van der Waals surface area (Å²) < 4.78 is 0. The first-order chi connectivity index (χ1) is 6.11. The van der Waals surface area contributed by atoms with Crippen molar-refractivity contribution >= 4 is 5.91 Å². The van der Waals surface area contributed by atoms with Gasteiger partial charge in [0.25, 0.3) is 0 Å². The molecule has 0 saturated carbocycles. The Bertz CT molecular complexity index is 268. The monoisotopic (exact) mass is 183 g/mol. The van der Waals surface area contributed by atoms with Gasteiger partial charge in [-0.2, -0.15) is 5.10 Å². The Balaban J connectivity index is 2.51. The van der Waals surface area contributed by atoms with Gasteiger partial charge in [0.1, 0.15) is 12.2 Å². The second-order valence-corrected chi connectivity index (χ2v) is 2.89. The van der Waals surface area contributed by atoms with Gasteiger partial charge in [-0.1, -0.05) is 0 Å². The summed E-state index contributed by atoms with van der Waals surface area (Å²) in [5.74, 6) is 0.415. The van der Waals surface area contributed by atoms with E-state index in [4.69, 9.17) is 5.73 Å². The van der Waals surface area contributed by atoms with Crippen molar-refractivity contribution in [3.8, 4) is 0 Å². The van der Waals surface area contributed by atoms with E-state index in [9.17, 15) is 4.79 Å². The first kappa shape index (κ1) is 9.66. The van der Waals surface area contributed by atoms with Crippen molar-refractivity contribution in [1.29, 1.82) is 0 Å². The number of carbonyl (C=O) groups excluding carboxylic acids is 1. The van der Waals surface area contributed by atoms with E-state index in [2.05, 4.69) is 20.5 Å². The molecule has 4 N–H and O–H groups in total. The average molecular weight is 183 g/mol. The minimum absolute atomic E-state index is 0.194. The van der Waals surface area contributed by atoms with Gasteiger partial charge in [0, 0.05) is 0 Å². The Labute approximate surface area is 75.9 Å². The Hall–Kier alpha value is -1.43. The molecule has 6 heteroatoms. The van der Waals surface area contributed by atoms with E-state index < -0.39 is 6.04 Å². The molecule has 2 atom stereocenters. The minimum Gasteiger partial charge on any atom is -0.345 e. The van der Waals surface area contributed by atoms with E-state index in [1.807, 2.05) is 0 Å². The highest BCUT2D eigenvalue weighted by Crippen LogP contribution is 2.03. The first-order valence-corrected chi connectivity index (χ1v) is 4.02. The van der Waals surface area contributed by atoms with Gasteiger partial charge in [0.05, 0.1) is 12.1 Å². The summed E-state index contributed by atoms with van der Waals surface area (Å²) in [5.41, 5.74) is 5.38. The number of carbonyl (C=O) groups is 1. The van der Waals surface area contributed by atoms with Crippen LogP contribution < -0.4 is 11.1 Å². The number of rotatable bonds is 3. The van der Waals surface area contributed by atoms with E-state index in [1.54, 1.807) is 13.8 Å². The highest BCUT2D eigenvalue weighted by Gasteiger charge is 2.13. The molecule has 0 fully saturated rings. The molecule has 13 heavy (non-hydrogen) atoms. The fourth-order valence-electron chi connectivity index (χ4n) is 0.837. The van der Waals surface area contributed by atoms with Crippen molar-refractivity contribution in [3.63, 3.8) is 0 Å². The van der Waals surface area contributed by atoms with Gasteiger partial charge in [-0.15, -0.1) is 0 Å². The SMILES string of the molecule is CC(N)C(=O)NC(C)c1ncn[nH]1. The van der Waals surface area contributed by atoms with E-state index in [0.29, 0.717) is 5.82 Å². The first-order valence-electron chi connectivity index (χ1n) is 4.02. The van der Waals surface area contributed by atoms with Gasteiger partial charge < -0.3 is 11.1 Å². The predicted molar refractivity (Wildman–Crippen MR) is 46.6 cm³/mol. The quantitative estimate of drug-likeness (QED) is 0.579. The fraction of sp³-hybridized carbons (Fsp3) is 0.571. The second-order valence-electron chi connectivity index (χ2n) is 2.89. The van der Waals surface area contributed by atoms with Crippen LogP contribution in [-0.2, 0) is 4.79 Å². The summed E-state index contributed by atoms with van der Waals surface area (Å²) in [5, 5.41) is 9.03. The van der Waals surface area contributed by atoms with Crippen molar-refractivity contribution in [2.45, 2.75) is 25.9 Å². The lowest BCUT2D eigenvalue weighted by atomic mass is 10.2. The number of nitrogens with zero attached hydrogens (tertiary/aromatic N) is 2. The number of amides is 1. The zero-order chi connectivity index (χ0) is 9.84. The maximum absolute atomic E-state index is 11.2. The van der Waals surface area contributed by atoms with E-state index in [0.717, 1.165) is 0 Å². The smallest absolute Gasteiger partial charge is 0.237 e. The van der Waals surface area contributed by atoms with E-state index in [1.165, 1.54) is 6.33 Å². The molecule has 0 bridgehead atoms. The van der Waals surface area contributed by atoms with Crippen LogP contribution in [0, 0.1) is 0 Å². The molecule has 2 unspecified atom stereocenters. The third-order valence-electron chi connectivity index (χ3n) is 1.62. The zero-order valence-corrected chi connectivity index (χ0v) is 7.61. The molecule has 1 aromatic heterocycles. The lowest BCUT2D eigenvalue weighted by Gasteiger charge is -2.12. The molecule has 0 spiro atoms. The number of nitrogens with one attached hydrogen (secondary N) is 2. The van der Waals surface area contributed by atoms with Crippen LogP contribution in [0.1, 0.15) is 25.7 Å². The Kier molecular flexibility index (Phi) is 2.97. The molecule has 0 saturated heterocycles. The number of nitrogens with two attached hydrogens (primary N) is 1. The van der Waals surface area contributed by atoms with Crippen molar-refractivity contribution in [2.24, 2.45) is 5.73 Å². The largest absolute Gasteiger partial charge is 0.345 e. The van der Waals surface area contributed by atoms with E-state index in [-0.39, 0.29) is 11.9 Å². The molecule has 0 aromatic carbocycles. The average Bonchev–Trinajstić information content (AvgIpc) is 2.55. The molecule has 1 rings (SSSR count). The number of aromatic nitrogens is 3. The maximum Gasteiger partial charge on any atom is 0.237 e. The van der Waals surface area contributed by atoms with Crippen molar-refractivity contribution in [1.82, 2.24) is 20.5 Å². The molecule has 0 radical (unpaired) electrons. The minimum atomic E-state index is -0.509. The van der Waals surface area contributed by atoms with Gasteiger partial charge in [-0.3, -0.25) is 9.89 Å². The van der Waals surface area contributed by atoms with Gasteiger partial charge in [-0.05, 0) is 13.8 Å². The molecular formula is C7H13N5O. The Morgan fingerprint density at radius 1 is 1.69 bits per heavy atom. The van der Waals surface area contributed by atoms with Crippen LogP contribution >= 0.6 is 0 Å². The van der Waals surface area contributed by atoms with Crippen LogP contribution in [0.4, 0.5) is 0 Å². The number of aromatic amines is 1. The second kappa shape index (κ2) is 3.99. The summed E-state index contributed by atoms with van der Waals surface area (Å²) in [6.45, 7) is 3.43. The molecule has 1 amide bonds. The fourth-order valence-corrected chi connectivity index (χ4v) is 0.837. The summed E-state index contributed by atoms with van der Waals surface area (Å²) in [6, 6.07) is -0.702. The van der Waals surface area contributed by atoms with Gasteiger partial charge >= 0.3 is 0 Å². The van der Waals surface area contributed by atoms with Crippen LogP contribution in [0.5, 0.6) is 0 Å². The van der Waals surface area contributed by atoms with Crippen LogP contribution in [0.25, 0.3) is 0 Å². The molecular weight excluding hydrogens is 170 g/mol. The molecule has 0 aliphatic heterocycles. The van der Waals surface area contributed by atoms with Crippen LogP contribution in [0.15, 0.2) is 6.33 Å². The number of H-pyrrole nitrogens is 1.